The first-order valence-corrected chi connectivity index (χ1v) is 31.0. The fourth-order valence-corrected chi connectivity index (χ4v) is 17.9. The Morgan fingerprint density at radius 3 is 0.234 bits per heavy atom. The van der Waals surface area contributed by atoms with Gasteiger partial charge in [0.2, 0.25) is 0 Å². The summed E-state index contributed by atoms with van der Waals surface area (Å²) in [5, 5.41) is 16.8. The average molecular weight is 1150 g/mol. The summed E-state index contributed by atoms with van der Waals surface area (Å²) >= 11 is 0. The van der Waals surface area contributed by atoms with Crippen LogP contribution < -0.4 is 63.7 Å². The van der Waals surface area contributed by atoms with Gasteiger partial charge < -0.3 is 0 Å². The standard InChI is InChI=1S/4C18H15P.Ru.3H/c4*1-4-10-16(11-5-1)19(17-12-6-2-7-13-17)18-14-8-3-9-15-18;;;;/h4*1-15H;;;;. The molecule has 12 aromatic carbocycles. The van der Waals surface area contributed by atoms with Gasteiger partial charge >= 0.3 is 19.5 Å². The minimum absolute atomic E-state index is 0. The minimum Gasteiger partial charge on any atom is -0.0622 e. The summed E-state index contributed by atoms with van der Waals surface area (Å²) < 4.78 is 0. The Kier molecular flexibility index (Phi) is 22.8. The first kappa shape index (κ1) is 56.2. The molecule has 0 amide bonds. The third-order valence-corrected chi connectivity index (χ3v) is 21.9. The number of hydrogen-bond donors (Lipinski definition) is 0. The summed E-state index contributed by atoms with van der Waals surface area (Å²) in [6.45, 7) is 0. The molecule has 0 saturated heterocycles. The molecular formula is C72H63P4Ru. The van der Waals surface area contributed by atoms with Crippen LogP contribution in [0.1, 0.15) is 0 Å². The van der Waals surface area contributed by atoms with E-state index in [9.17, 15) is 0 Å². The van der Waals surface area contributed by atoms with Gasteiger partial charge in [-0.3, -0.25) is 0 Å². The molecule has 0 N–H and O–H groups in total. The van der Waals surface area contributed by atoms with Gasteiger partial charge in [-0.15, -0.1) is 0 Å². The van der Waals surface area contributed by atoms with E-state index in [0.29, 0.717) is 0 Å². The Bertz CT molecular complexity index is 2580. The van der Waals surface area contributed by atoms with Crippen molar-refractivity contribution >= 4 is 95.3 Å². The Morgan fingerprint density at radius 1 is 0.104 bits per heavy atom. The molecule has 0 saturated carbocycles. The molecule has 0 aliphatic heterocycles. The Balaban J connectivity index is 0.000000135. The van der Waals surface area contributed by atoms with E-state index in [2.05, 4.69) is 364 Å². The monoisotopic (exact) mass is 1150 g/mol. The summed E-state index contributed by atoms with van der Waals surface area (Å²) in [4.78, 5) is 0. The van der Waals surface area contributed by atoms with Crippen molar-refractivity contribution in [3.05, 3.63) is 364 Å². The van der Waals surface area contributed by atoms with Crippen molar-refractivity contribution < 1.29 is 19.5 Å². The van der Waals surface area contributed by atoms with Crippen LogP contribution in [0.5, 0.6) is 0 Å². The van der Waals surface area contributed by atoms with Crippen molar-refractivity contribution in [3.63, 3.8) is 0 Å². The molecule has 0 bridgehead atoms. The van der Waals surface area contributed by atoms with Gasteiger partial charge in [-0.05, 0) is 95.3 Å². The van der Waals surface area contributed by atoms with E-state index >= 15 is 0 Å². The van der Waals surface area contributed by atoms with Crippen LogP contribution in [0.3, 0.4) is 0 Å². The predicted molar refractivity (Wildman–Crippen MR) is 345 cm³/mol. The molecule has 77 heavy (non-hydrogen) atoms. The van der Waals surface area contributed by atoms with Crippen molar-refractivity contribution in [2.75, 3.05) is 0 Å². The second-order valence-electron chi connectivity index (χ2n) is 17.4. The summed E-state index contributed by atoms with van der Waals surface area (Å²) in [5.74, 6) is 0. The fourth-order valence-electron chi connectivity index (χ4n) is 8.71. The normalized spacial score (nSPS) is 10.4. The Labute approximate surface area is 475 Å². The quantitative estimate of drug-likeness (QED) is 0.0845. The van der Waals surface area contributed by atoms with Gasteiger partial charge in [0, 0.05) is 0 Å². The zero-order valence-electron chi connectivity index (χ0n) is 42.9. The summed E-state index contributed by atoms with van der Waals surface area (Å²) in [7, 11) is -1.78. The molecule has 0 radical (unpaired) electrons. The van der Waals surface area contributed by atoms with E-state index in [4.69, 9.17) is 0 Å². The summed E-state index contributed by atoms with van der Waals surface area (Å²) in [6.07, 6.45) is 0. The van der Waals surface area contributed by atoms with Crippen molar-refractivity contribution in [3.8, 4) is 0 Å². The van der Waals surface area contributed by atoms with Gasteiger partial charge in [-0.1, -0.05) is 364 Å². The van der Waals surface area contributed by atoms with Crippen molar-refractivity contribution in [1.29, 1.82) is 0 Å². The third-order valence-electron chi connectivity index (χ3n) is 12.2. The van der Waals surface area contributed by atoms with E-state index in [1.165, 1.54) is 63.7 Å². The summed E-state index contributed by atoms with van der Waals surface area (Å²) in [6, 6.07) is 129. The SMILES string of the molecule is [RuH3].c1ccc(P(c2ccccc2)c2ccccc2)cc1.c1ccc(P(c2ccccc2)c2ccccc2)cc1.c1ccc(P(c2ccccc2)c2ccccc2)cc1.c1ccc(P(c2ccccc2)c2ccccc2)cc1. The molecule has 0 atom stereocenters. The van der Waals surface area contributed by atoms with E-state index in [1.807, 2.05) is 0 Å². The van der Waals surface area contributed by atoms with Crippen LogP contribution in [0, 0.1) is 0 Å². The Hall–Kier alpha value is -7.02. The van der Waals surface area contributed by atoms with Crippen LogP contribution in [-0.4, -0.2) is 0 Å². The van der Waals surface area contributed by atoms with E-state index in [1.54, 1.807) is 0 Å². The molecule has 12 rings (SSSR count). The van der Waals surface area contributed by atoms with Gasteiger partial charge in [0.15, 0.2) is 0 Å². The van der Waals surface area contributed by atoms with Gasteiger partial charge in [-0.25, -0.2) is 0 Å². The van der Waals surface area contributed by atoms with Crippen molar-refractivity contribution in [1.82, 2.24) is 0 Å². The van der Waals surface area contributed by atoms with Gasteiger partial charge in [0.1, 0.15) is 0 Å². The van der Waals surface area contributed by atoms with Crippen LogP contribution >= 0.6 is 31.7 Å². The molecule has 0 heterocycles. The maximum absolute atomic E-state index is 2.23. The van der Waals surface area contributed by atoms with Crippen molar-refractivity contribution in [2.24, 2.45) is 0 Å². The molecule has 0 aliphatic carbocycles. The fraction of sp³-hybridized carbons (Fsp3) is 0. The number of rotatable bonds is 12. The second kappa shape index (κ2) is 31.3. The van der Waals surface area contributed by atoms with Crippen LogP contribution in [-0.2, 0) is 19.5 Å². The van der Waals surface area contributed by atoms with Crippen LogP contribution in [0.25, 0.3) is 0 Å². The van der Waals surface area contributed by atoms with Gasteiger partial charge in [-0.2, -0.15) is 0 Å². The smallest absolute Gasteiger partial charge is 0.0134 e. The Morgan fingerprint density at radius 2 is 0.169 bits per heavy atom. The largest absolute Gasteiger partial charge is 0.0622 e. The molecule has 0 spiro atoms. The topological polar surface area (TPSA) is 0 Å². The zero-order valence-corrected chi connectivity index (χ0v) is 48.7. The number of benzene rings is 12. The first-order chi connectivity index (χ1) is 37.8. The second-order valence-corrected chi connectivity index (χ2v) is 26.2. The number of hydrogen-bond acceptors (Lipinski definition) is 0. The molecular weight excluding hydrogens is 1090 g/mol. The first-order valence-electron chi connectivity index (χ1n) is 25.6. The minimum atomic E-state index is -0.446. The van der Waals surface area contributed by atoms with E-state index < -0.39 is 31.7 Å². The van der Waals surface area contributed by atoms with Gasteiger partial charge in [0.05, 0.1) is 0 Å². The predicted octanol–water partition coefficient (Wildman–Crippen LogP) is 13.0. The van der Waals surface area contributed by atoms with E-state index in [0.717, 1.165) is 0 Å². The summed E-state index contributed by atoms with van der Waals surface area (Å²) in [5.41, 5.74) is 0. The third kappa shape index (κ3) is 16.5. The molecule has 0 aliphatic rings. The maximum atomic E-state index is 2.23. The molecule has 0 nitrogen and oxygen atoms in total. The average Bonchev–Trinajstić information content (AvgIpc) is 3.51. The van der Waals surface area contributed by atoms with Crippen LogP contribution in [0.15, 0.2) is 364 Å². The van der Waals surface area contributed by atoms with Gasteiger partial charge in [0.25, 0.3) is 0 Å². The molecule has 379 valence electrons. The zero-order chi connectivity index (χ0) is 51.7. The molecule has 0 unspecified atom stereocenters. The van der Waals surface area contributed by atoms with Crippen LogP contribution in [0.4, 0.5) is 0 Å². The van der Waals surface area contributed by atoms with Crippen molar-refractivity contribution in [2.45, 2.75) is 0 Å². The van der Waals surface area contributed by atoms with E-state index in [-0.39, 0.29) is 19.5 Å². The molecule has 12 aromatic rings. The molecule has 0 aromatic heterocycles. The molecule has 0 fully saturated rings. The van der Waals surface area contributed by atoms with Crippen LogP contribution in [0.2, 0.25) is 0 Å². The maximum Gasteiger partial charge on any atom is -0.0134 e. The molecule has 5 heteroatoms.